The molecule has 2 rings (SSSR count). The quantitative estimate of drug-likeness (QED) is 0.856. The van der Waals surface area contributed by atoms with Crippen molar-refractivity contribution in [1.82, 2.24) is 0 Å². The lowest BCUT2D eigenvalue weighted by Gasteiger charge is -2.06. The first-order chi connectivity index (χ1) is 10.6. The molecule has 1 aromatic heterocycles. The number of carbonyl (C=O) groups is 2. The number of nitriles is 1. The van der Waals surface area contributed by atoms with Crippen molar-refractivity contribution in [3.8, 4) is 11.8 Å². The highest BCUT2D eigenvalue weighted by Gasteiger charge is 2.13. The predicted molar refractivity (Wildman–Crippen MR) is 80.9 cm³/mol. The summed E-state index contributed by atoms with van der Waals surface area (Å²) in [6, 6.07) is 10.00. The zero-order valence-electron chi connectivity index (χ0n) is 11.7. The van der Waals surface area contributed by atoms with Gasteiger partial charge < -0.3 is 14.8 Å². The van der Waals surface area contributed by atoms with Crippen molar-refractivity contribution >= 4 is 28.2 Å². The summed E-state index contributed by atoms with van der Waals surface area (Å²) in [5.41, 5.74) is 0.665. The van der Waals surface area contributed by atoms with E-state index in [4.69, 9.17) is 14.7 Å². The molecule has 0 saturated heterocycles. The minimum absolute atomic E-state index is 0.293. The molecule has 0 saturated carbocycles. The van der Waals surface area contributed by atoms with Crippen molar-refractivity contribution in [3.05, 3.63) is 46.8 Å². The van der Waals surface area contributed by atoms with Crippen LogP contribution >= 0.6 is 11.3 Å². The molecule has 0 aliphatic heterocycles. The average Bonchev–Trinajstić information content (AvgIpc) is 2.99. The first-order valence-electron chi connectivity index (χ1n) is 6.22. The lowest BCUT2D eigenvalue weighted by atomic mass is 10.2. The Balaban J connectivity index is 1.90. The summed E-state index contributed by atoms with van der Waals surface area (Å²) in [4.78, 5) is 23.6. The van der Waals surface area contributed by atoms with Gasteiger partial charge in [-0.05, 0) is 29.6 Å². The monoisotopic (exact) mass is 316 g/mol. The molecule has 0 unspecified atom stereocenters. The number of esters is 1. The number of amides is 1. The molecule has 112 valence electrons. The van der Waals surface area contributed by atoms with Crippen LogP contribution in [-0.4, -0.2) is 25.6 Å². The first kappa shape index (κ1) is 15.5. The lowest BCUT2D eigenvalue weighted by Crippen LogP contribution is -2.20. The second-order valence-corrected chi connectivity index (χ2v) is 5.05. The van der Waals surface area contributed by atoms with Crippen LogP contribution in [-0.2, 0) is 9.53 Å². The second kappa shape index (κ2) is 7.24. The molecule has 1 N–H and O–H groups in total. The Morgan fingerprint density at radius 2 is 2.18 bits per heavy atom. The number of methoxy groups -OCH3 is 1. The Morgan fingerprint density at radius 1 is 1.36 bits per heavy atom. The molecule has 0 fully saturated rings. The summed E-state index contributed by atoms with van der Waals surface area (Å²) in [6.07, 6.45) is 0. The maximum Gasteiger partial charge on any atom is 0.338 e. The summed E-state index contributed by atoms with van der Waals surface area (Å²) in [5.74, 6) is -0.605. The van der Waals surface area contributed by atoms with Crippen LogP contribution in [0.15, 0.2) is 35.7 Å². The number of nitrogens with one attached hydrogen (secondary N) is 1. The van der Waals surface area contributed by atoms with E-state index in [2.05, 4.69) is 5.32 Å². The lowest BCUT2D eigenvalue weighted by molar-refractivity contribution is -0.119. The maximum atomic E-state index is 11.8. The third-order valence-electron chi connectivity index (χ3n) is 2.68. The van der Waals surface area contributed by atoms with Crippen molar-refractivity contribution in [2.75, 3.05) is 19.0 Å². The molecular formula is C15H12N2O4S. The van der Waals surface area contributed by atoms with Gasteiger partial charge in [-0.15, -0.1) is 11.3 Å². The summed E-state index contributed by atoms with van der Waals surface area (Å²) in [6.45, 7) is -0.432. The standard InChI is InChI=1S/C15H12N2O4S/c1-20-12-4-2-3-10(7-12)15(19)21-9-13(18)17-14-11(8-16)5-6-22-14/h2-7H,9H2,1H3,(H,17,18). The number of rotatable bonds is 5. The van der Waals surface area contributed by atoms with Gasteiger partial charge in [0.2, 0.25) is 0 Å². The van der Waals surface area contributed by atoms with Gasteiger partial charge in [-0.25, -0.2) is 4.79 Å². The topological polar surface area (TPSA) is 88.4 Å². The van der Waals surface area contributed by atoms with E-state index in [0.29, 0.717) is 21.9 Å². The van der Waals surface area contributed by atoms with Crippen molar-refractivity contribution in [1.29, 1.82) is 5.26 Å². The number of ether oxygens (including phenoxy) is 2. The second-order valence-electron chi connectivity index (χ2n) is 4.13. The van der Waals surface area contributed by atoms with Crippen molar-refractivity contribution in [2.24, 2.45) is 0 Å². The SMILES string of the molecule is COc1cccc(C(=O)OCC(=O)Nc2sccc2C#N)c1. The smallest absolute Gasteiger partial charge is 0.338 e. The molecule has 1 amide bonds. The molecule has 0 aliphatic carbocycles. The van der Waals surface area contributed by atoms with Crippen LogP contribution in [0.5, 0.6) is 5.75 Å². The number of carbonyl (C=O) groups excluding carboxylic acids is 2. The number of nitrogens with zero attached hydrogens (tertiary/aromatic N) is 1. The molecule has 0 spiro atoms. The van der Waals surface area contributed by atoms with Gasteiger partial charge >= 0.3 is 5.97 Å². The van der Waals surface area contributed by atoms with Gasteiger partial charge in [0.25, 0.3) is 5.91 Å². The van der Waals surface area contributed by atoms with Crippen molar-refractivity contribution in [3.63, 3.8) is 0 Å². The highest BCUT2D eigenvalue weighted by Crippen LogP contribution is 2.21. The highest BCUT2D eigenvalue weighted by atomic mass is 32.1. The Hall–Kier alpha value is -2.85. The first-order valence-corrected chi connectivity index (χ1v) is 7.10. The predicted octanol–water partition coefficient (Wildman–Crippen LogP) is 2.42. The van der Waals surface area contributed by atoms with Crippen LogP contribution in [0.3, 0.4) is 0 Å². The van der Waals surface area contributed by atoms with E-state index < -0.39 is 18.5 Å². The molecule has 6 nitrogen and oxygen atoms in total. The van der Waals surface area contributed by atoms with Gasteiger partial charge in [0.15, 0.2) is 6.61 Å². The fraction of sp³-hybridized carbons (Fsp3) is 0.133. The summed E-state index contributed by atoms with van der Waals surface area (Å²) >= 11 is 1.23. The van der Waals surface area contributed by atoms with E-state index in [1.54, 1.807) is 29.6 Å². The molecule has 1 aromatic carbocycles. The summed E-state index contributed by atoms with van der Waals surface area (Å²) < 4.78 is 9.94. The minimum Gasteiger partial charge on any atom is -0.497 e. The zero-order valence-corrected chi connectivity index (χ0v) is 12.5. The van der Waals surface area contributed by atoms with Crippen LogP contribution in [0, 0.1) is 11.3 Å². The van der Waals surface area contributed by atoms with Crippen LogP contribution in [0.1, 0.15) is 15.9 Å². The van der Waals surface area contributed by atoms with Gasteiger partial charge in [0, 0.05) is 0 Å². The fourth-order valence-corrected chi connectivity index (χ4v) is 2.37. The van der Waals surface area contributed by atoms with E-state index in [1.807, 2.05) is 6.07 Å². The molecule has 7 heteroatoms. The Bertz CT molecular complexity index is 733. The molecule has 0 radical (unpaired) electrons. The normalized spacial score (nSPS) is 9.64. The van der Waals surface area contributed by atoms with Crippen LogP contribution in [0.2, 0.25) is 0 Å². The van der Waals surface area contributed by atoms with E-state index >= 15 is 0 Å². The van der Waals surface area contributed by atoms with Crippen molar-refractivity contribution < 1.29 is 19.1 Å². The van der Waals surface area contributed by atoms with E-state index in [1.165, 1.54) is 24.5 Å². The molecule has 0 bridgehead atoms. The van der Waals surface area contributed by atoms with Gasteiger partial charge in [0.05, 0.1) is 18.2 Å². The third-order valence-corrected chi connectivity index (χ3v) is 3.51. The Morgan fingerprint density at radius 3 is 2.91 bits per heavy atom. The minimum atomic E-state index is -0.624. The van der Waals surface area contributed by atoms with E-state index in [9.17, 15) is 9.59 Å². The molecule has 2 aromatic rings. The number of benzene rings is 1. The zero-order chi connectivity index (χ0) is 15.9. The van der Waals surface area contributed by atoms with Gasteiger partial charge in [-0.2, -0.15) is 5.26 Å². The summed E-state index contributed by atoms with van der Waals surface area (Å²) in [5, 5.41) is 13.5. The number of thiophene rings is 1. The van der Waals surface area contributed by atoms with Crippen LogP contribution in [0.25, 0.3) is 0 Å². The molecule has 1 heterocycles. The van der Waals surface area contributed by atoms with Crippen LogP contribution < -0.4 is 10.1 Å². The number of anilines is 1. The van der Waals surface area contributed by atoms with E-state index in [0.717, 1.165) is 0 Å². The van der Waals surface area contributed by atoms with E-state index in [-0.39, 0.29) is 0 Å². The maximum absolute atomic E-state index is 11.8. The average molecular weight is 316 g/mol. The van der Waals surface area contributed by atoms with Gasteiger partial charge in [0.1, 0.15) is 16.8 Å². The van der Waals surface area contributed by atoms with Crippen LogP contribution in [0.4, 0.5) is 5.00 Å². The molecule has 0 atom stereocenters. The van der Waals surface area contributed by atoms with Gasteiger partial charge in [-0.3, -0.25) is 4.79 Å². The fourth-order valence-electron chi connectivity index (χ4n) is 1.62. The number of hydrogen-bond donors (Lipinski definition) is 1. The highest BCUT2D eigenvalue weighted by molar-refractivity contribution is 7.14. The Kier molecular flexibility index (Phi) is 5.11. The molecule has 22 heavy (non-hydrogen) atoms. The largest absolute Gasteiger partial charge is 0.497 e. The molecule has 0 aliphatic rings. The summed E-state index contributed by atoms with van der Waals surface area (Å²) in [7, 11) is 1.49. The Labute approximate surface area is 130 Å². The van der Waals surface area contributed by atoms with Crippen molar-refractivity contribution in [2.45, 2.75) is 0 Å². The third kappa shape index (κ3) is 3.84. The molecular weight excluding hydrogens is 304 g/mol. The van der Waals surface area contributed by atoms with Gasteiger partial charge in [-0.1, -0.05) is 6.07 Å². The number of hydrogen-bond acceptors (Lipinski definition) is 6.